The Morgan fingerprint density at radius 2 is 1.93 bits per heavy atom. The number of rotatable bonds is 5. The van der Waals surface area contributed by atoms with Crippen LogP contribution in [-0.4, -0.2) is 19.5 Å². The van der Waals surface area contributed by atoms with Gasteiger partial charge in [-0.05, 0) is 23.8 Å². The van der Waals surface area contributed by atoms with Crippen LogP contribution in [0.2, 0.25) is 0 Å². The number of methoxy groups -OCH3 is 1. The van der Waals surface area contributed by atoms with Crippen LogP contribution in [0.5, 0.6) is 11.5 Å². The third-order valence-electron chi connectivity index (χ3n) is 1.90. The molecule has 1 unspecified atom stereocenters. The van der Waals surface area contributed by atoms with E-state index in [1.54, 1.807) is 7.11 Å². The van der Waals surface area contributed by atoms with Gasteiger partial charge in [0.15, 0.2) is 11.5 Å². The van der Waals surface area contributed by atoms with Crippen LogP contribution in [0.1, 0.15) is 6.92 Å². The predicted octanol–water partition coefficient (Wildman–Crippen LogP) is 2.64. The summed E-state index contributed by atoms with van der Waals surface area (Å²) in [7, 11) is 1.64. The zero-order chi connectivity index (χ0) is 10.4. The SMILES string of the molecule is COc1ccccc1OCC(C)CS. The Labute approximate surface area is 90.6 Å². The summed E-state index contributed by atoms with van der Waals surface area (Å²) in [6.07, 6.45) is 0. The lowest BCUT2D eigenvalue weighted by atomic mass is 10.2. The van der Waals surface area contributed by atoms with Gasteiger partial charge in [0.25, 0.3) is 0 Å². The molecule has 1 rings (SSSR count). The molecule has 0 N–H and O–H groups in total. The van der Waals surface area contributed by atoms with Crippen LogP contribution in [-0.2, 0) is 0 Å². The van der Waals surface area contributed by atoms with E-state index >= 15 is 0 Å². The first-order valence-electron chi connectivity index (χ1n) is 4.64. The molecule has 0 aliphatic rings. The summed E-state index contributed by atoms with van der Waals surface area (Å²) >= 11 is 4.20. The van der Waals surface area contributed by atoms with Crippen LogP contribution in [0, 0.1) is 5.92 Å². The van der Waals surface area contributed by atoms with E-state index in [4.69, 9.17) is 9.47 Å². The molecule has 0 spiro atoms. The molecule has 78 valence electrons. The van der Waals surface area contributed by atoms with Crippen LogP contribution in [0.15, 0.2) is 24.3 Å². The van der Waals surface area contributed by atoms with Crippen molar-refractivity contribution in [3.05, 3.63) is 24.3 Å². The van der Waals surface area contributed by atoms with Gasteiger partial charge in [-0.2, -0.15) is 12.6 Å². The van der Waals surface area contributed by atoms with Gasteiger partial charge in [0.05, 0.1) is 13.7 Å². The quantitative estimate of drug-likeness (QED) is 0.756. The Morgan fingerprint density at radius 1 is 1.29 bits per heavy atom. The van der Waals surface area contributed by atoms with Crippen molar-refractivity contribution in [2.75, 3.05) is 19.5 Å². The van der Waals surface area contributed by atoms with E-state index < -0.39 is 0 Å². The van der Waals surface area contributed by atoms with Gasteiger partial charge in [-0.25, -0.2) is 0 Å². The zero-order valence-corrected chi connectivity index (χ0v) is 9.46. The van der Waals surface area contributed by atoms with E-state index in [1.165, 1.54) is 0 Å². The minimum atomic E-state index is 0.447. The maximum Gasteiger partial charge on any atom is 0.161 e. The summed E-state index contributed by atoms with van der Waals surface area (Å²) in [6.45, 7) is 2.77. The van der Waals surface area contributed by atoms with Crippen molar-refractivity contribution in [3.63, 3.8) is 0 Å². The van der Waals surface area contributed by atoms with Crippen molar-refractivity contribution < 1.29 is 9.47 Å². The van der Waals surface area contributed by atoms with Gasteiger partial charge in [-0.15, -0.1) is 0 Å². The molecule has 2 nitrogen and oxygen atoms in total. The fourth-order valence-electron chi connectivity index (χ4n) is 1.02. The maximum absolute atomic E-state index is 5.61. The lowest BCUT2D eigenvalue weighted by molar-refractivity contribution is 0.259. The summed E-state index contributed by atoms with van der Waals surface area (Å²) in [5, 5.41) is 0. The fourth-order valence-corrected chi connectivity index (χ4v) is 1.13. The molecular weight excluding hydrogens is 196 g/mol. The second-order valence-corrected chi connectivity index (χ2v) is 3.61. The molecule has 1 aromatic carbocycles. The summed E-state index contributed by atoms with van der Waals surface area (Å²) in [5.41, 5.74) is 0. The van der Waals surface area contributed by atoms with Gasteiger partial charge < -0.3 is 9.47 Å². The van der Waals surface area contributed by atoms with Crippen molar-refractivity contribution in [1.29, 1.82) is 0 Å². The summed E-state index contributed by atoms with van der Waals surface area (Å²) in [5.74, 6) is 2.85. The molecule has 1 aromatic rings. The van der Waals surface area contributed by atoms with Gasteiger partial charge in [0.1, 0.15) is 0 Å². The maximum atomic E-state index is 5.61. The minimum Gasteiger partial charge on any atom is -0.493 e. The van der Waals surface area contributed by atoms with E-state index in [2.05, 4.69) is 19.6 Å². The average Bonchev–Trinajstić information content (AvgIpc) is 2.26. The number of hydrogen-bond acceptors (Lipinski definition) is 3. The highest BCUT2D eigenvalue weighted by atomic mass is 32.1. The third kappa shape index (κ3) is 3.14. The average molecular weight is 212 g/mol. The highest BCUT2D eigenvalue weighted by Gasteiger charge is 2.04. The van der Waals surface area contributed by atoms with E-state index in [-0.39, 0.29) is 0 Å². The van der Waals surface area contributed by atoms with Crippen LogP contribution in [0.25, 0.3) is 0 Å². The molecule has 0 heterocycles. The monoisotopic (exact) mass is 212 g/mol. The molecule has 14 heavy (non-hydrogen) atoms. The predicted molar refractivity (Wildman–Crippen MR) is 61.5 cm³/mol. The van der Waals surface area contributed by atoms with Crippen LogP contribution < -0.4 is 9.47 Å². The van der Waals surface area contributed by atoms with Gasteiger partial charge in [-0.3, -0.25) is 0 Å². The molecule has 0 fully saturated rings. The molecule has 3 heteroatoms. The fraction of sp³-hybridized carbons (Fsp3) is 0.455. The highest BCUT2D eigenvalue weighted by molar-refractivity contribution is 7.80. The van der Waals surface area contributed by atoms with E-state index in [9.17, 15) is 0 Å². The van der Waals surface area contributed by atoms with E-state index in [0.29, 0.717) is 12.5 Å². The van der Waals surface area contributed by atoms with Gasteiger partial charge in [-0.1, -0.05) is 19.1 Å². The highest BCUT2D eigenvalue weighted by Crippen LogP contribution is 2.26. The molecule has 0 bridgehead atoms. The zero-order valence-electron chi connectivity index (χ0n) is 8.56. The molecule has 0 saturated heterocycles. The second kappa shape index (κ2) is 5.81. The lowest BCUT2D eigenvalue weighted by Gasteiger charge is -2.12. The molecule has 0 aliphatic heterocycles. The summed E-state index contributed by atoms with van der Waals surface area (Å²) in [4.78, 5) is 0. The molecule has 0 amide bonds. The summed E-state index contributed by atoms with van der Waals surface area (Å²) < 4.78 is 10.8. The molecule has 0 aliphatic carbocycles. The van der Waals surface area contributed by atoms with Crippen molar-refractivity contribution in [3.8, 4) is 11.5 Å². The second-order valence-electron chi connectivity index (χ2n) is 3.25. The van der Waals surface area contributed by atoms with Crippen molar-refractivity contribution in [2.45, 2.75) is 6.92 Å². The molecule has 0 aromatic heterocycles. The first-order valence-corrected chi connectivity index (χ1v) is 5.28. The smallest absolute Gasteiger partial charge is 0.161 e. The number of para-hydroxylation sites is 2. The number of ether oxygens (including phenoxy) is 2. The van der Waals surface area contributed by atoms with Gasteiger partial charge in [0.2, 0.25) is 0 Å². The topological polar surface area (TPSA) is 18.5 Å². The first-order chi connectivity index (χ1) is 6.77. The van der Waals surface area contributed by atoms with Crippen LogP contribution in [0.3, 0.4) is 0 Å². The number of benzene rings is 1. The van der Waals surface area contributed by atoms with Crippen molar-refractivity contribution >= 4 is 12.6 Å². The molecule has 1 atom stereocenters. The Bertz CT molecular complexity index is 276. The van der Waals surface area contributed by atoms with Gasteiger partial charge >= 0.3 is 0 Å². The molecule has 0 saturated carbocycles. The Balaban J connectivity index is 2.57. The Morgan fingerprint density at radius 3 is 2.50 bits per heavy atom. The number of thiol groups is 1. The largest absolute Gasteiger partial charge is 0.493 e. The Kier molecular flexibility index (Phi) is 4.66. The Hall–Kier alpha value is -0.830. The van der Waals surface area contributed by atoms with Crippen LogP contribution in [0.4, 0.5) is 0 Å². The van der Waals surface area contributed by atoms with Crippen LogP contribution >= 0.6 is 12.6 Å². The normalized spacial score (nSPS) is 12.2. The van der Waals surface area contributed by atoms with Gasteiger partial charge in [0, 0.05) is 0 Å². The first kappa shape index (κ1) is 11.2. The summed E-state index contributed by atoms with van der Waals surface area (Å²) in [6, 6.07) is 7.65. The standard InChI is InChI=1S/C11H16O2S/c1-9(8-14)7-13-11-6-4-3-5-10(11)12-2/h3-6,9,14H,7-8H2,1-2H3. The van der Waals surface area contributed by atoms with E-state index in [0.717, 1.165) is 17.3 Å². The van der Waals surface area contributed by atoms with Crippen molar-refractivity contribution in [2.24, 2.45) is 5.92 Å². The van der Waals surface area contributed by atoms with Crippen molar-refractivity contribution in [1.82, 2.24) is 0 Å². The molecule has 0 radical (unpaired) electrons. The minimum absolute atomic E-state index is 0.447. The molecular formula is C11H16O2S. The lowest BCUT2D eigenvalue weighted by Crippen LogP contribution is -2.10. The van der Waals surface area contributed by atoms with E-state index in [1.807, 2.05) is 24.3 Å². The third-order valence-corrected chi connectivity index (χ3v) is 2.53. The number of hydrogen-bond donors (Lipinski definition) is 1.